The molecule has 1 saturated carbocycles. The summed E-state index contributed by atoms with van der Waals surface area (Å²) in [6, 6.07) is 8.19. The number of methoxy groups -OCH3 is 1. The normalized spacial score (nSPS) is 25.6. The molecule has 4 heteroatoms. The van der Waals surface area contributed by atoms with Gasteiger partial charge in [0, 0.05) is 5.70 Å². The van der Waals surface area contributed by atoms with Gasteiger partial charge in [-0.1, -0.05) is 44.4 Å². The second-order valence-electron chi connectivity index (χ2n) is 7.84. The first kappa shape index (κ1) is 17.2. The molecular weight excluding hydrogens is 322 g/mol. The maximum Gasteiger partial charge on any atom is 0.127 e. The number of rotatable bonds is 3. The lowest BCUT2D eigenvalue weighted by Gasteiger charge is -2.45. The fourth-order valence-corrected chi connectivity index (χ4v) is 4.34. The van der Waals surface area contributed by atoms with Crippen LogP contribution < -0.4 is 15.4 Å². The third-order valence-corrected chi connectivity index (χ3v) is 5.80. The quantitative estimate of drug-likeness (QED) is 0.853. The van der Waals surface area contributed by atoms with E-state index in [4.69, 9.17) is 9.73 Å². The average molecular weight is 351 g/mol. The highest BCUT2D eigenvalue weighted by atomic mass is 16.5. The molecule has 1 atom stereocenters. The fourth-order valence-electron chi connectivity index (χ4n) is 4.34. The molecule has 0 radical (unpaired) electrons. The average Bonchev–Trinajstić information content (AvgIpc) is 2.67. The maximum absolute atomic E-state index is 5.34. The maximum atomic E-state index is 5.34. The molecule has 0 amide bonds. The van der Waals surface area contributed by atoms with Crippen LogP contribution in [0.25, 0.3) is 0 Å². The highest BCUT2D eigenvalue weighted by Crippen LogP contribution is 2.35. The number of nitrogens with one attached hydrogen (secondary N) is 2. The van der Waals surface area contributed by atoms with Gasteiger partial charge in [-0.15, -0.1) is 0 Å². The van der Waals surface area contributed by atoms with Crippen LogP contribution in [-0.4, -0.2) is 18.5 Å². The summed E-state index contributed by atoms with van der Waals surface area (Å²) in [5, 5.41) is 7.60. The van der Waals surface area contributed by atoms with Crippen molar-refractivity contribution in [2.45, 2.75) is 57.5 Å². The van der Waals surface area contributed by atoms with Gasteiger partial charge >= 0.3 is 0 Å². The molecule has 138 valence electrons. The Morgan fingerprint density at radius 1 is 1.23 bits per heavy atom. The summed E-state index contributed by atoms with van der Waals surface area (Å²) < 4.78 is 5.34. The topological polar surface area (TPSA) is 45.6 Å². The van der Waals surface area contributed by atoms with Gasteiger partial charge in [0.15, 0.2) is 0 Å². The number of nitrogens with zero attached hydrogens (tertiary/aromatic N) is 1. The second kappa shape index (κ2) is 7.18. The molecule has 1 aliphatic heterocycles. The van der Waals surface area contributed by atoms with Crippen LogP contribution in [-0.2, 0) is 6.54 Å². The Kier molecular flexibility index (Phi) is 4.75. The van der Waals surface area contributed by atoms with Gasteiger partial charge in [0.05, 0.1) is 24.9 Å². The van der Waals surface area contributed by atoms with E-state index in [1.807, 2.05) is 12.1 Å². The molecule has 0 saturated heterocycles. The fraction of sp³-hybridized carbons (Fsp3) is 0.500. The zero-order valence-corrected chi connectivity index (χ0v) is 15.8. The Morgan fingerprint density at radius 2 is 2.08 bits per heavy atom. The smallest absolute Gasteiger partial charge is 0.127 e. The van der Waals surface area contributed by atoms with E-state index in [1.165, 1.54) is 36.2 Å². The summed E-state index contributed by atoms with van der Waals surface area (Å²) in [7, 11) is 1.71. The Bertz CT molecular complexity index is 756. The summed E-state index contributed by atoms with van der Waals surface area (Å²) in [5.74, 6) is 2.59. The summed E-state index contributed by atoms with van der Waals surface area (Å²) in [4.78, 5) is 5.04. The zero-order valence-electron chi connectivity index (χ0n) is 15.8. The second-order valence-corrected chi connectivity index (χ2v) is 7.84. The van der Waals surface area contributed by atoms with Crippen molar-refractivity contribution in [1.29, 1.82) is 0 Å². The lowest BCUT2D eigenvalue weighted by Crippen LogP contribution is -2.61. The van der Waals surface area contributed by atoms with Gasteiger partial charge in [-0.25, -0.2) is 0 Å². The SMILES string of the molecule is COc1cccc(CN=C2NC3=C(CC(C)C=C3)NC23CCCCC3)c1. The number of hydrogen-bond acceptors (Lipinski definition) is 3. The van der Waals surface area contributed by atoms with E-state index in [0.29, 0.717) is 12.5 Å². The Labute approximate surface area is 156 Å². The van der Waals surface area contributed by atoms with E-state index in [1.54, 1.807) is 7.11 Å². The number of ether oxygens (including phenoxy) is 1. The van der Waals surface area contributed by atoms with Crippen LogP contribution in [0.3, 0.4) is 0 Å². The van der Waals surface area contributed by atoms with Crippen molar-refractivity contribution in [3.05, 3.63) is 53.4 Å². The van der Waals surface area contributed by atoms with Gasteiger partial charge in [0.1, 0.15) is 11.6 Å². The Morgan fingerprint density at radius 3 is 2.88 bits per heavy atom. The first-order valence-electron chi connectivity index (χ1n) is 9.83. The third-order valence-electron chi connectivity index (χ3n) is 5.80. The highest BCUT2D eigenvalue weighted by Gasteiger charge is 2.41. The van der Waals surface area contributed by atoms with Crippen molar-refractivity contribution >= 4 is 5.84 Å². The van der Waals surface area contributed by atoms with E-state index in [9.17, 15) is 0 Å². The Hall–Kier alpha value is -2.23. The van der Waals surface area contributed by atoms with Crippen molar-refractivity contribution in [3.8, 4) is 5.75 Å². The number of hydrogen-bond donors (Lipinski definition) is 2. The summed E-state index contributed by atoms with van der Waals surface area (Å²) in [6.07, 6.45) is 11.8. The van der Waals surface area contributed by atoms with Crippen LogP contribution in [0.5, 0.6) is 5.75 Å². The lowest BCUT2D eigenvalue weighted by molar-refractivity contribution is 0.312. The van der Waals surface area contributed by atoms with Crippen molar-refractivity contribution in [3.63, 3.8) is 0 Å². The molecule has 4 rings (SSSR count). The molecule has 0 bridgehead atoms. The van der Waals surface area contributed by atoms with Crippen molar-refractivity contribution < 1.29 is 4.74 Å². The number of allylic oxidation sites excluding steroid dienone is 3. The van der Waals surface area contributed by atoms with Crippen LogP contribution in [0.15, 0.2) is 52.8 Å². The lowest BCUT2D eigenvalue weighted by atomic mass is 9.78. The van der Waals surface area contributed by atoms with Gasteiger partial charge in [0.2, 0.25) is 0 Å². The van der Waals surface area contributed by atoms with Crippen LogP contribution in [0.1, 0.15) is 51.0 Å². The standard InChI is InChI=1S/C22H29N3O/c1-16-9-10-19-20(13-16)25-22(11-4-3-5-12-22)21(24-19)23-15-17-7-6-8-18(14-17)26-2/h6-10,14,16,25H,3-5,11-13,15H2,1-2H3,(H,23,24). The first-order valence-corrected chi connectivity index (χ1v) is 9.83. The van der Waals surface area contributed by atoms with E-state index in [2.05, 4.69) is 41.8 Å². The molecular formula is C22H29N3O. The number of aliphatic imine (C=N–C) groups is 1. The van der Waals surface area contributed by atoms with Crippen molar-refractivity contribution in [1.82, 2.24) is 10.6 Å². The molecule has 1 fully saturated rings. The minimum absolute atomic E-state index is 0.0130. The van der Waals surface area contributed by atoms with Crippen LogP contribution in [0, 0.1) is 5.92 Å². The van der Waals surface area contributed by atoms with Gasteiger partial charge in [-0.05, 0) is 49.0 Å². The van der Waals surface area contributed by atoms with Crippen LogP contribution >= 0.6 is 0 Å². The third kappa shape index (κ3) is 3.37. The minimum atomic E-state index is -0.0130. The number of amidine groups is 1. The van der Waals surface area contributed by atoms with Crippen molar-refractivity contribution in [2.24, 2.45) is 10.9 Å². The van der Waals surface area contributed by atoms with E-state index >= 15 is 0 Å². The zero-order chi connectivity index (χ0) is 18.0. The van der Waals surface area contributed by atoms with Gasteiger partial charge in [-0.3, -0.25) is 4.99 Å². The minimum Gasteiger partial charge on any atom is -0.497 e. The van der Waals surface area contributed by atoms with Crippen molar-refractivity contribution in [2.75, 3.05) is 7.11 Å². The molecule has 2 N–H and O–H groups in total. The molecule has 26 heavy (non-hydrogen) atoms. The largest absolute Gasteiger partial charge is 0.497 e. The van der Waals surface area contributed by atoms with E-state index in [-0.39, 0.29) is 5.54 Å². The van der Waals surface area contributed by atoms with Crippen LogP contribution in [0.2, 0.25) is 0 Å². The van der Waals surface area contributed by atoms with E-state index < -0.39 is 0 Å². The van der Waals surface area contributed by atoms with Gasteiger partial charge < -0.3 is 15.4 Å². The predicted molar refractivity (Wildman–Crippen MR) is 106 cm³/mol. The predicted octanol–water partition coefficient (Wildman–Crippen LogP) is 4.30. The van der Waals surface area contributed by atoms with Crippen LogP contribution in [0.4, 0.5) is 0 Å². The summed E-state index contributed by atoms with van der Waals surface area (Å²) >= 11 is 0. The monoisotopic (exact) mass is 351 g/mol. The molecule has 1 aromatic rings. The highest BCUT2D eigenvalue weighted by molar-refractivity contribution is 5.95. The Balaban J connectivity index is 1.62. The summed E-state index contributed by atoms with van der Waals surface area (Å²) in [5.41, 5.74) is 3.73. The molecule has 1 spiro atoms. The molecule has 1 unspecified atom stereocenters. The molecule has 3 aliphatic rings. The molecule has 4 nitrogen and oxygen atoms in total. The molecule has 1 aromatic carbocycles. The number of benzene rings is 1. The molecule has 0 aromatic heterocycles. The van der Waals surface area contributed by atoms with Gasteiger partial charge in [-0.2, -0.15) is 0 Å². The molecule has 1 heterocycles. The van der Waals surface area contributed by atoms with Gasteiger partial charge in [0.25, 0.3) is 0 Å². The van der Waals surface area contributed by atoms with E-state index in [0.717, 1.165) is 30.8 Å². The summed E-state index contributed by atoms with van der Waals surface area (Å²) in [6.45, 7) is 2.95. The molecule has 2 aliphatic carbocycles. The first-order chi connectivity index (χ1) is 12.7.